The predicted octanol–water partition coefficient (Wildman–Crippen LogP) is 6.90. The number of carbonyl (C=O) groups is 2. The molecule has 1 aliphatic heterocycles. The molecule has 4 rings (SSSR count). The van der Waals surface area contributed by atoms with Crippen molar-refractivity contribution in [2.24, 2.45) is 0 Å². The Morgan fingerprint density at radius 2 is 1.72 bits per heavy atom. The van der Waals surface area contributed by atoms with Gasteiger partial charge >= 0.3 is 0 Å². The summed E-state index contributed by atoms with van der Waals surface area (Å²) in [7, 11) is 0. The molecule has 2 aromatic carbocycles. The summed E-state index contributed by atoms with van der Waals surface area (Å²) < 4.78 is 0. The fraction of sp³-hybridized carbons (Fsp3) is 0.419. The number of hydrogen-bond acceptors (Lipinski definition) is 3. The molecule has 190 valence electrons. The van der Waals surface area contributed by atoms with Crippen LogP contribution in [-0.2, 0) is 17.6 Å². The minimum atomic E-state index is -0.0979. The Kier molecular flexibility index (Phi) is 9.35. The van der Waals surface area contributed by atoms with E-state index in [0.29, 0.717) is 18.7 Å². The zero-order valence-corrected chi connectivity index (χ0v) is 22.4. The van der Waals surface area contributed by atoms with Crippen LogP contribution in [0.3, 0.4) is 0 Å². The van der Waals surface area contributed by atoms with Gasteiger partial charge in [-0.15, -0.1) is 11.3 Å². The van der Waals surface area contributed by atoms with Gasteiger partial charge in [-0.25, -0.2) is 0 Å². The van der Waals surface area contributed by atoms with Gasteiger partial charge in [-0.2, -0.15) is 0 Å². The van der Waals surface area contributed by atoms with Crippen LogP contribution in [0, 0.1) is 0 Å². The third kappa shape index (κ3) is 6.25. The van der Waals surface area contributed by atoms with Gasteiger partial charge in [0, 0.05) is 23.5 Å². The van der Waals surface area contributed by atoms with Gasteiger partial charge < -0.3 is 9.80 Å². The van der Waals surface area contributed by atoms with Crippen LogP contribution in [0.1, 0.15) is 83.9 Å². The van der Waals surface area contributed by atoms with E-state index in [4.69, 9.17) is 0 Å². The Morgan fingerprint density at radius 3 is 2.44 bits per heavy atom. The van der Waals surface area contributed by atoms with Crippen LogP contribution in [0.5, 0.6) is 0 Å². The van der Waals surface area contributed by atoms with Gasteiger partial charge in [0.2, 0.25) is 5.91 Å². The second-order valence-electron chi connectivity index (χ2n) is 9.68. The Labute approximate surface area is 219 Å². The van der Waals surface area contributed by atoms with Crippen LogP contribution in [0.25, 0.3) is 0 Å². The maximum atomic E-state index is 13.7. The Bertz CT molecular complexity index is 1120. The van der Waals surface area contributed by atoms with Gasteiger partial charge in [0.05, 0.1) is 6.04 Å². The van der Waals surface area contributed by atoms with Gasteiger partial charge in [0.1, 0.15) is 6.54 Å². The molecule has 0 saturated carbocycles. The molecule has 0 bridgehead atoms. The molecule has 0 radical (unpaired) electrons. The van der Waals surface area contributed by atoms with E-state index >= 15 is 0 Å². The van der Waals surface area contributed by atoms with E-state index in [2.05, 4.69) is 49.6 Å². The maximum absolute atomic E-state index is 13.7. The van der Waals surface area contributed by atoms with Gasteiger partial charge in [-0.3, -0.25) is 9.59 Å². The molecule has 0 unspecified atom stereocenters. The highest BCUT2D eigenvalue weighted by Crippen LogP contribution is 2.37. The maximum Gasteiger partial charge on any atom is 0.254 e. The summed E-state index contributed by atoms with van der Waals surface area (Å²) >= 11 is 1.77. The highest BCUT2D eigenvalue weighted by atomic mass is 32.1. The lowest BCUT2D eigenvalue weighted by molar-refractivity contribution is -0.134. The average molecular weight is 503 g/mol. The van der Waals surface area contributed by atoms with Crippen molar-refractivity contribution in [3.05, 3.63) is 93.2 Å². The largest absolute Gasteiger partial charge is 0.330 e. The molecule has 0 aliphatic carbocycles. The van der Waals surface area contributed by atoms with E-state index in [0.717, 1.165) is 24.8 Å². The number of carbonyl (C=O) groups excluding carboxylic acids is 2. The smallest absolute Gasteiger partial charge is 0.254 e. The highest BCUT2D eigenvalue weighted by Gasteiger charge is 2.33. The number of benzene rings is 2. The number of nitrogens with zero attached hydrogens (tertiary/aromatic N) is 2. The molecule has 0 spiro atoms. The summed E-state index contributed by atoms with van der Waals surface area (Å²) in [5, 5.41) is 2.12. The minimum absolute atomic E-state index is 0.00930. The molecular formula is C31H38N2O2S. The lowest BCUT2D eigenvalue weighted by Crippen LogP contribution is -2.47. The molecule has 1 atom stereocenters. The number of rotatable bonds is 11. The van der Waals surface area contributed by atoms with E-state index in [1.54, 1.807) is 16.2 Å². The van der Waals surface area contributed by atoms with E-state index in [-0.39, 0.29) is 24.4 Å². The van der Waals surface area contributed by atoms with Crippen molar-refractivity contribution in [3.63, 3.8) is 0 Å². The summed E-state index contributed by atoms with van der Waals surface area (Å²) in [5.74, 6) is -0.0535. The molecule has 2 heterocycles. The Morgan fingerprint density at radius 1 is 0.944 bits per heavy atom. The fourth-order valence-electron chi connectivity index (χ4n) is 5.11. The van der Waals surface area contributed by atoms with Gasteiger partial charge in [-0.05, 0) is 66.0 Å². The Hall–Kier alpha value is -2.92. The van der Waals surface area contributed by atoms with E-state index in [1.807, 2.05) is 35.2 Å². The molecule has 4 nitrogen and oxygen atoms in total. The summed E-state index contributed by atoms with van der Waals surface area (Å²) in [6.07, 6.45) is 7.66. The molecule has 1 aliphatic rings. The normalized spacial score (nSPS) is 14.9. The van der Waals surface area contributed by atoms with Crippen molar-refractivity contribution in [1.29, 1.82) is 0 Å². The van der Waals surface area contributed by atoms with Crippen LogP contribution in [0.2, 0.25) is 0 Å². The van der Waals surface area contributed by atoms with Crippen molar-refractivity contribution in [2.45, 2.75) is 64.8 Å². The number of unbranched alkanes of at least 4 members (excludes halogenated alkanes) is 3. The van der Waals surface area contributed by atoms with E-state index in [1.165, 1.54) is 41.7 Å². The van der Waals surface area contributed by atoms with Crippen molar-refractivity contribution in [2.75, 3.05) is 19.6 Å². The summed E-state index contributed by atoms with van der Waals surface area (Å²) in [6, 6.07) is 20.3. The molecule has 0 fully saturated rings. The number of fused-ring (bicyclic) bond motifs is 1. The van der Waals surface area contributed by atoms with Crippen LogP contribution in [0.15, 0.2) is 66.0 Å². The SMILES string of the molecule is CCCCCCc1ccc(C(=O)N(CCC)CC(=O)N2CCc3sccc3[C@H]2c2ccccc2)cc1. The molecule has 0 saturated heterocycles. The van der Waals surface area contributed by atoms with E-state index < -0.39 is 0 Å². The Balaban J connectivity index is 1.47. The molecule has 0 N–H and O–H groups in total. The quantitative estimate of drug-likeness (QED) is 0.268. The molecule has 5 heteroatoms. The van der Waals surface area contributed by atoms with Crippen molar-refractivity contribution < 1.29 is 9.59 Å². The first kappa shape index (κ1) is 26.2. The monoisotopic (exact) mass is 502 g/mol. The summed E-state index contributed by atoms with van der Waals surface area (Å²) in [6.45, 7) is 5.62. The standard InChI is InChI=1S/C31H38N2O2S/c1-3-5-6-8-11-24-14-16-26(17-15-24)31(35)32(20-4-2)23-29(34)33-21-18-28-27(19-22-36-28)30(33)25-12-9-7-10-13-25/h7,9-10,12-17,19,22,30H,3-6,8,11,18,20-21,23H2,1-2H3/t30-/m1/s1. The van der Waals surface area contributed by atoms with Crippen LogP contribution in [0.4, 0.5) is 0 Å². The minimum Gasteiger partial charge on any atom is -0.330 e. The fourth-order valence-corrected chi connectivity index (χ4v) is 6.01. The molecule has 1 aromatic heterocycles. The summed E-state index contributed by atoms with van der Waals surface area (Å²) in [5.41, 5.74) is 4.26. The third-order valence-electron chi connectivity index (χ3n) is 7.03. The van der Waals surface area contributed by atoms with Crippen LogP contribution < -0.4 is 0 Å². The van der Waals surface area contributed by atoms with Gasteiger partial charge in [0.15, 0.2) is 0 Å². The number of aryl methyl sites for hydroxylation is 1. The first-order valence-electron chi connectivity index (χ1n) is 13.4. The second kappa shape index (κ2) is 12.9. The second-order valence-corrected chi connectivity index (χ2v) is 10.7. The lowest BCUT2D eigenvalue weighted by Gasteiger charge is -2.37. The van der Waals surface area contributed by atoms with Crippen LogP contribution >= 0.6 is 11.3 Å². The molecule has 36 heavy (non-hydrogen) atoms. The first-order valence-corrected chi connectivity index (χ1v) is 14.3. The van der Waals surface area contributed by atoms with Crippen molar-refractivity contribution in [1.82, 2.24) is 9.80 Å². The van der Waals surface area contributed by atoms with Gasteiger partial charge in [-0.1, -0.05) is 75.6 Å². The number of amides is 2. The average Bonchev–Trinajstić information content (AvgIpc) is 3.40. The van der Waals surface area contributed by atoms with Crippen molar-refractivity contribution in [3.8, 4) is 0 Å². The lowest BCUT2D eigenvalue weighted by atomic mass is 9.93. The molecular weight excluding hydrogens is 464 g/mol. The van der Waals surface area contributed by atoms with Crippen LogP contribution in [-0.4, -0.2) is 41.2 Å². The number of thiophene rings is 1. The predicted molar refractivity (Wildman–Crippen MR) is 149 cm³/mol. The third-order valence-corrected chi connectivity index (χ3v) is 8.02. The molecule has 3 aromatic rings. The number of hydrogen-bond donors (Lipinski definition) is 0. The highest BCUT2D eigenvalue weighted by molar-refractivity contribution is 7.10. The topological polar surface area (TPSA) is 40.6 Å². The van der Waals surface area contributed by atoms with Gasteiger partial charge in [0.25, 0.3) is 5.91 Å². The first-order chi connectivity index (χ1) is 17.6. The van der Waals surface area contributed by atoms with Crippen molar-refractivity contribution >= 4 is 23.2 Å². The summed E-state index contributed by atoms with van der Waals surface area (Å²) in [4.78, 5) is 32.2. The molecule has 2 amide bonds. The zero-order chi connectivity index (χ0) is 25.3. The zero-order valence-electron chi connectivity index (χ0n) is 21.6. The van der Waals surface area contributed by atoms with E-state index in [9.17, 15) is 9.59 Å².